The van der Waals surface area contributed by atoms with Crippen LogP contribution < -0.4 is 15.4 Å². The third-order valence-corrected chi connectivity index (χ3v) is 5.81. The number of carbonyl (C=O) groups is 4. The third-order valence-electron chi connectivity index (χ3n) is 5.81. The number of carboxylic acid groups (broad SMARTS) is 1. The van der Waals surface area contributed by atoms with Gasteiger partial charge in [0.15, 0.2) is 0 Å². The van der Waals surface area contributed by atoms with E-state index in [1.54, 1.807) is 24.3 Å². The van der Waals surface area contributed by atoms with Crippen LogP contribution in [-0.4, -0.2) is 65.5 Å². The average Bonchev–Trinajstić information content (AvgIpc) is 3.34. The Bertz CT molecular complexity index is 1020. The molecule has 0 radical (unpaired) electrons. The number of nitrogens with one attached hydrogen (secondary N) is 2. The van der Waals surface area contributed by atoms with Crippen molar-refractivity contribution < 1.29 is 29.0 Å². The fourth-order valence-electron chi connectivity index (χ4n) is 3.95. The zero-order valence-electron chi connectivity index (χ0n) is 19.2. The molecule has 1 fully saturated rings. The molecule has 3 unspecified atom stereocenters. The molecule has 9 heteroatoms. The fraction of sp³-hybridized carbons (Fsp3) is 0.360. The topological polar surface area (TPSA) is 125 Å². The summed E-state index contributed by atoms with van der Waals surface area (Å²) in [5.41, 5.74) is 1.19. The van der Waals surface area contributed by atoms with Crippen LogP contribution in [0.3, 0.4) is 0 Å². The molecule has 0 aliphatic carbocycles. The van der Waals surface area contributed by atoms with Crippen LogP contribution in [0, 0.1) is 0 Å². The Kier molecular flexibility index (Phi) is 8.24. The second kappa shape index (κ2) is 11.3. The van der Waals surface area contributed by atoms with E-state index in [0.29, 0.717) is 30.7 Å². The molecule has 3 amide bonds. The standard InChI is InChI=1S/C25H29N3O6/c1-16(24(31)28-14-6-9-21(28)25(32)33)26-23(30)20(15-17-7-4-3-5-8-17)27-22(29)18-10-12-19(34-2)13-11-18/h3-5,7-8,10-13,16,20-21H,6,9,14-15H2,1-2H3,(H,26,30)(H,27,29)(H,32,33). The van der Waals surface area contributed by atoms with Crippen LogP contribution in [0.1, 0.15) is 35.7 Å². The molecular formula is C25H29N3O6. The summed E-state index contributed by atoms with van der Waals surface area (Å²) in [5, 5.41) is 14.8. The number of methoxy groups -OCH3 is 1. The number of aliphatic carboxylic acids is 1. The van der Waals surface area contributed by atoms with E-state index in [4.69, 9.17) is 4.74 Å². The maximum atomic E-state index is 13.1. The normalized spacial score (nSPS) is 16.9. The molecule has 1 aliphatic rings. The Morgan fingerprint density at radius 3 is 2.35 bits per heavy atom. The highest BCUT2D eigenvalue weighted by molar-refractivity contribution is 5.98. The predicted octanol–water partition coefficient (Wildman–Crippen LogP) is 1.62. The van der Waals surface area contributed by atoms with Crippen LogP contribution in [0.5, 0.6) is 5.75 Å². The quantitative estimate of drug-likeness (QED) is 0.515. The van der Waals surface area contributed by atoms with E-state index >= 15 is 0 Å². The first-order valence-corrected chi connectivity index (χ1v) is 11.1. The summed E-state index contributed by atoms with van der Waals surface area (Å²) < 4.78 is 5.11. The molecule has 1 saturated heterocycles. The van der Waals surface area contributed by atoms with Crippen LogP contribution in [-0.2, 0) is 20.8 Å². The van der Waals surface area contributed by atoms with Gasteiger partial charge >= 0.3 is 5.97 Å². The molecule has 3 atom stereocenters. The van der Waals surface area contributed by atoms with Crippen LogP contribution in [0.15, 0.2) is 54.6 Å². The molecule has 34 heavy (non-hydrogen) atoms. The minimum absolute atomic E-state index is 0.219. The van der Waals surface area contributed by atoms with Gasteiger partial charge in [-0.3, -0.25) is 14.4 Å². The van der Waals surface area contributed by atoms with Gasteiger partial charge in [0.25, 0.3) is 5.91 Å². The van der Waals surface area contributed by atoms with Crippen molar-refractivity contribution in [2.24, 2.45) is 0 Å². The van der Waals surface area contributed by atoms with E-state index in [2.05, 4.69) is 10.6 Å². The molecular weight excluding hydrogens is 438 g/mol. The van der Waals surface area contributed by atoms with Crippen LogP contribution in [0.4, 0.5) is 0 Å². The Morgan fingerprint density at radius 1 is 1.06 bits per heavy atom. The van der Waals surface area contributed by atoms with Crippen molar-refractivity contribution in [1.82, 2.24) is 15.5 Å². The SMILES string of the molecule is COc1ccc(C(=O)NC(Cc2ccccc2)C(=O)NC(C)C(=O)N2CCCC2C(=O)O)cc1. The third kappa shape index (κ3) is 6.12. The zero-order chi connectivity index (χ0) is 24.7. The van der Waals surface area contributed by atoms with Gasteiger partial charge < -0.3 is 25.4 Å². The number of benzene rings is 2. The monoisotopic (exact) mass is 467 g/mol. The van der Waals surface area contributed by atoms with Crippen molar-refractivity contribution >= 4 is 23.7 Å². The Labute approximate surface area is 198 Å². The van der Waals surface area contributed by atoms with Gasteiger partial charge in [-0.2, -0.15) is 0 Å². The van der Waals surface area contributed by atoms with E-state index in [1.807, 2.05) is 30.3 Å². The second-order valence-corrected chi connectivity index (χ2v) is 8.20. The first-order valence-electron chi connectivity index (χ1n) is 11.1. The van der Waals surface area contributed by atoms with Crippen molar-refractivity contribution in [3.63, 3.8) is 0 Å². The summed E-state index contributed by atoms with van der Waals surface area (Å²) >= 11 is 0. The lowest BCUT2D eigenvalue weighted by Gasteiger charge is -2.27. The maximum absolute atomic E-state index is 13.1. The fourth-order valence-corrected chi connectivity index (χ4v) is 3.95. The lowest BCUT2D eigenvalue weighted by molar-refractivity contribution is -0.149. The van der Waals surface area contributed by atoms with Gasteiger partial charge in [-0.05, 0) is 49.6 Å². The largest absolute Gasteiger partial charge is 0.497 e. The molecule has 1 aliphatic heterocycles. The number of carbonyl (C=O) groups excluding carboxylic acids is 3. The van der Waals surface area contributed by atoms with Gasteiger partial charge in [0.1, 0.15) is 23.9 Å². The number of hydrogen-bond acceptors (Lipinski definition) is 5. The van der Waals surface area contributed by atoms with Gasteiger partial charge in [0.2, 0.25) is 11.8 Å². The highest BCUT2D eigenvalue weighted by Crippen LogP contribution is 2.18. The summed E-state index contributed by atoms with van der Waals surface area (Å²) in [6, 6.07) is 12.9. The lowest BCUT2D eigenvalue weighted by Crippen LogP contribution is -2.55. The number of carboxylic acids is 1. The Balaban J connectivity index is 1.72. The first-order chi connectivity index (χ1) is 16.3. The number of likely N-dealkylation sites (tertiary alicyclic amines) is 1. The lowest BCUT2D eigenvalue weighted by atomic mass is 10.0. The van der Waals surface area contributed by atoms with E-state index in [0.717, 1.165) is 5.56 Å². The van der Waals surface area contributed by atoms with E-state index < -0.39 is 41.8 Å². The highest BCUT2D eigenvalue weighted by atomic mass is 16.5. The van der Waals surface area contributed by atoms with Crippen molar-refractivity contribution in [2.75, 3.05) is 13.7 Å². The van der Waals surface area contributed by atoms with Gasteiger partial charge in [-0.1, -0.05) is 30.3 Å². The molecule has 9 nitrogen and oxygen atoms in total. The van der Waals surface area contributed by atoms with Gasteiger partial charge in [-0.15, -0.1) is 0 Å². The molecule has 3 N–H and O–H groups in total. The summed E-state index contributed by atoms with van der Waals surface area (Å²) in [6.45, 7) is 1.85. The van der Waals surface area contributed by atoms with Gasteiger partial charge in [0.05, 0.1) is 7.11 Å². The van der Waals surface area contributed by atoms with Crippen molar-refractivity contribution in [1.29, 1.82) is 0 Å². The summed E-state index contributed by atoms with van der Waals surface area (Å²) in [7, 11) is 1.53. The number of rotatable bonds is 9. The Hall–Kier alpha value is -3.88. The minimum Gasteiger partial charge on any atom is -0.497 e. The molecule has 180 valence electrons. The smallest absolute Gasteiger partial charge is 0.326 e. The summed E-state index contributed by atoms with van der Waals surface area (Å²) in [6.07, 6.45) is 1.20. The maximum Gasteiger partial charge on any atom is 0.326 e. The average molecular weight is 468 g/mol. The molecule has 0 spiro atoms. The molecule has 1 heterocycles. The van der Waals surface area contributed by atoms with E-state index in [-0.39, 0.29) is 6.42 Å². The highest BCUT2D eigenvalue weighted by Gasteiger charge is 2.36. The molecule has 0 aromatic heterocycles. The molecule has 2 aromatic rings. The van der Waals surface area contributed by atoms with Gasteiger partial charge in [-0.25, -0.2) is 4.79 Å². The molecule has 0 saturated carbocycles. The number of amides is 3. The summed E-state index contributed by atoms with van der Waals surface area (Å²) in [4.78, 5) is 51.5. The zero-order valence-corrected chi connectivity index (χ0v) is 19.2. The van der Waals surface area contributed by atoms with Crippen molar-refractivity contribution in [2.45, 2.75) is 44.3 Å². The molecule has 2 aromatic carbocycles. The Morgan fingerprint density at radius 2 is 1.74 bits per heavy atom. The molecule has 3 rings (SSSR count). The number of nitrogens with zero attached hydrogens (tertiary/aromatic N) is 1. The number of ether oxygens (including phenoxy) is 1. The molecule has 0 bridgehead atoms. The van der Waals surface area contributed by atoms with E-state index in [1.165, 1.54) is 18.9 Å². The minimum atomic E-state index is -1.06. The van der Waals surface area contributed by atoms with E-state index in [9.17, 15) is 24.3 Å². The van der Waals surface area contributed by atoms with Gasteiger partial charge in [0, 0.05) is 18.5 Å². The number of hydrogen-bond donors (Lipinski definition) is 3. The second-order valence-electron chi connectivity index (χ2n) is 8.20. The summed E-state index contributed by atoms with van der Waals surface area (Å²) in [5.74, 6) is -1.89. The van der Waals surface area contributed by atoms with Crippen LogP contribution >= 0.6 is 0 Å². The van der Waals surface area contributed by atoms with Crippen LogP contribution in [0.25, 0.3) is 0 Å². The van der Waals surface area contributed by atoms with Crippen LogP contribution in [0.2, 0.25) is 0 Å². The first kappa shape index (κ1) is 24.8. The van der Waals surface area contributed by atoms with Crippen molar-refractivity contribution in [3.8, 4) is 5.75 Å². The predicted molar refractivity (Wildman–Crippen MR) is 124 cm³/mol. The van der Waals surface area contributed by atoms with Crippen molar-refractivity contribution in [3.05, 3.63) is 65.7 Å².